The summed E-state index contributed by atoms with van der Waals surface area (Å²) >= 11 is 6.92. The van der Waals surface area contributed by atoms with Crippen LogP contribution in [0.25, 0.3) is 0 Å². The number of alkyl halides is 2. The van der Waals surface area contributed by atoms with Gasteiger partial charge in [0, 0.05) is 5.75 Å². The van der Waals surface area contributed by atoms with Crippen molar-refractivity contribution in [1.82, 2.24) is 5.32 Å². The SMILES string of the molecule is NC(=O)[C@@](F)(CS)NC(=O)[C@](N)(F)CS. The number of primary amides is 1. The molecule has 0 rings (SSSR count). The Hall–Kier alpha value is -0.540. The van der Waals surface area contributed by atoms with Gasteiger partial charge < -0.3 is 11.1 Å². The van der Waals surface area contributed by atoms with Crippen molar-refractivity contribution in [1.29, 1.82) is 0 Å². The fourth-order valence-electron chi connectivity index (χ4n) is 0.535. The maximum atomic E-state index is 13.4. The average Bonchev–Trinajstić information content (AvgIpc) is 2.17. The van der Waals surface area contributed by atoms with Gasteiger partial charge in [-0.1, -0.05) is 0 Å². The van der Waals surface area contributed by atoms with Crippen LogP contribution in [0.3, 0.4) is 0 Å². The van der Waals surface area contributed by atoms with E-state index in [-0.39, 0.29) is 0 Å². The fourth-order valence-corrected chi connectivity index (χ4v) is 0.913. The molecule has 2 amide bonds. The molecule has 0 aliphatic rings. The molecule has 0 spiro atoms. The van der Waals surface area contributed by atoms with Gasteiger partial charge in [0.05, 0.1) is 5.75 Å². The van der Waals surface area contributed by atoms with Crippen molar-refractivity contribution in [3.8, 4) is 0 Å². The number of hydrogen-bond acceptors (Lipinski definition) is 5. The van der Waals surface area contributed by atoms with Gasteiger partial charge in [-0.2, -0.15) is 25.3 Å². The maximum absolute atomic E-state index is 13.4. The molecule has 2 atom stereocenters. The molecule has 0 saturated heterocycles. The Bertz CT molecular complexity index is 277. The van der Waals surface area contributed by atoms with Crippen LogP contribution in [0.5, 0.6) is 0 Å². The van der Waals surface area contributed by atoms with E-state index < -0.39 is 34.9 Å². The summed E-state index contributed by atoms with van der Waals surface area (Å²) in [5.74, 6) is -10.2. The topological polar surface area (TPSA) is 98.2 Å². The summed E-state index contributed by atoms with van der Waals surface area (Å²) < 4.78 is 26.5. The Kier molecular flexibility index (Phi) is 4.81. The van der Waals surface area contributed by atoms with Gasteiger partial charge in [-0.05, 0) is 0 Å². The number of hydrogen-bond donors (Lipinski definition) is 5. The minimum absolute atomic E-state index is 0.666. The van der Waals surface area contributed by atoms with Crippen molar-refractivity contribution >= 4 is 37.1 Å². The second-order valence-corrected chi connectivity index (χ2v) is 3.43. The molecule has 0 heterocycles. The van der Waals surface area contributed by atoms with E-state index in [0.717, 1.165) is 0 Å². The molecular weight excluding hydrogens is 248 g/mol. The number of carbonyl (C=O) groups excluding carboxylic acids is 2. The Morgan fingerprint density at radius 3 is 2.00 bits per heavy atom. The molecule has 0 saturated carbocycles. The van der Waals surface area contributed by atoms with Crippen LogP contribution in [0.2, 0.25) is 0 Å². The number of nitrogens with two attached hydrogens (primary N) is 2. The fraction of sp³-hybridized carbons (Fsp3) is 0.667. The Labute approximate surface area is 95.8 Å². The summed E-state index contributed by atoms with van der Waals surface area (Å²) in [4.78, 5) is 21.6. The highest BCUT2D eigenvalue weighted by Gasteiger charge is 2.43. The molecule has 0 unspecified atom stereocenters. The minimum Gasteiger partial charge on any atom is -0.365 e. The van der Waals surface area contributed by atoms with Crippen LogP contribution in [-0.4, -0.2) is 34.9 Å². The first-order valence-electron chi connectivity index (χ1n) is 3.70. The van der Waals surface area contributed by atoms with Gasteiger partial charge in [0.2, 0.25) is 5.79 Å². The molecular formula is C6H11F2N3O2S2. The normalized spacial score (nSPS) is 18.7. The predicted octanol–water partition coefficient (Wildman–Crippen LogP) is -1.26. The van der Waals surface area contributed by atoms with E-state index in [1.54, 1.807) is 0 Å². The van der Waals surface area contributed by atoms with Gasteiger partial charge in [-0.25, -0.2) is 8.78 Å². The molecule has 9 heteroatoms. The van der Waals surface area contributed by atoms with E-state index in [1.807, 2.05) is 0 Å². The average molecular weight is 259 g/mol. The summed E-state index contributed by atoms with van der Waals surface area (Å²) in [6, 6.07) is 0. The van der Waals surface area contributed by atoms with Gasteiger partial charge in [0.15, 0.2) is 0 Å². The third-order valence-corrected chi connectivity index (χ3v) is 2.42. The molecule has 0 bridgehead atoms. The minimum atomic E-state index is -2.93. The first-order chi connectivity index (χ1) is 6.69. The van der Waals surface area contributed by atoms with E-state index >= 15 is 0 Å². The van der Waals surface area contributed by atoms with Crippen molar-refractivity contribution in [2.24, 2.45) is 11.5 Å². The zero-order chi connectivity index (χ0) is 12.3. The third kappa shape index (κ3) is 3.50. The summed E-state index contributed by atoms with van der Waals surface area (Å²) in [7, 11) is 0. The van der Waals surface area contributed by atoms with Crippen LogP contribution in [0.15, 0.2) is 0 Å². The zero-order valence-electron chi connectivity index (χ0n) is 7.54. The number of thiol groups is 2. The maximum Gasteiger partial charge on any atom is 0.276 e. The van der Waals surface area contributed by atoms with Crippen LogP contribution >= 0.6 is 25.3 Å². The number of carbonyl (C=O) groups is 2. The molecule has 0 radical (unpaired) electrons. The van der Waals surface area contributed by atoms with Gasteiger partial charge in [-0.3, -0.25) is 15.3 Å². The van der Waals surface area contributed by atoms with Crippen molar-refractivity contribution < 1.29 is 18.4 Å². The van der Waals surface area contributed by atoms with Crippen molar-refractivity contribution in [2.75, 3.05) is 11.5 Å². The predicted molar refractivity (Wildman–Crippen MR) is 56.9 cm³/mol. The van der Waals surface area contributed by atoms with Crippen LogP contribution in [0.4, 0.5) is 8.78 Å². The lowest BCUT2D eigenvalue weighted by Crippen LogP contribution is -2.62. The number of amides is 2. The molecule has 5 nitrogen and oxygen atoms in total. The van der Waals surface area contributed by atoms with Crippen LogP contribution < -0.4 is 16.8 Å². The molecule has 15 heavy (non-hydrogen) atoms. The molecule has 0 aromatic heterocycles. The number of rotatable bonds is 5. The van der Waals surface area contributed by atoms with Crippen molar-refractivity contribution in [3.63, 3.8) is 0 Å². The largest absolute Gasteiger partial charge is 0.365 e. The molecule has 0 aliphatic heterocycles. The van der Waals surface area contributed by atoms with Gasteiger partial charge >= 0.3 is 0 Å². The van der Waals surface area contributed by atoms with E-state index in [2.05, 4.69) is 31.0 Å². The first-order valence-corrected chi connectivity index (χ1v) is 4.97. The Balaban J connectivity index is 4.72. The third-order valence-electron chi connectivity index (χ3n) is 1.53. The van der Waals surface area contributed by atoms with E-state index in [4.69, 9.17) is 5.73 Å². The summed E-state index contributed by atoms with van der Waals surface area (Å²) in [6.45, 7) is 0. The monoisotopic (exact) mass is 259 g/mol. The summed E-state index contributed by atoms with van der Waals surface area (Å²) in [6.07, 6.45) is 0. The molecule has 88 valence electrons. The molecule has 0 aliphatic carbocycles. The van der Waals surface area contributed by atoms with Crippen LogP contribution in [0, 0.1) is 0 Å². The summed E-state index contributed by atoms with van der Waals surface area (Å²) in [5.41, 5.74) is 9.48. The zero-order valence-corrected chi connectivity index (χ0v) is 9.32. The lowest BCUT2D eigenvalue weighted by molar-refractivity contribution is -0.142. The quantitative estimate of drug-likeness (QED) is 0.315. The highest BCUT2D eigenvalue weighted by molar-refractivity contribution is 7.80. The van der Waals surface area contributed by atoms with Gasteiger partial charge in [0.1, 0.15) is 0 Å². The highest BCUT2D eigenvalue weighted by atomic mass is 32.1. The van der Waals surface area contributed by atoms with Crippen LogP contribution in [0.1, 0.15) is 0 Å². The van der Waals surface area contributed by atoms with E-state index in [0.29, 0.717) is 0 Å². The standard InChI is InChI=1S/C6H11F2N3O2S2/c7-5(10,1-14)4(13)11-6(8,2-15)3(9)12/h14-15H,1-2,10H2,(H2,9,12)(H,11,13)/t5-,6+/m0/s1. The number of nitrogens with one attached hydrogen (secondary N) is 1. The second kappa shape index (κ2) is 4.99. The molecule has 5 N–H and O–H groups in total. The second-order valence-electron chi connectivity index (χ2n) is 2.80. The lowest BCUT2D eigenvalue weighted by Gasteiger charge is -2.25. The molecule has 0 aromatic carbocycles. The van der Waals surface area contributed by atoms with Crippen molar-refractivity contribution in [3.05, 3.63) is 0 Å². The van der Waals surface area contributed by atoms with Gasteiger partial charge in [0.25, 0.3) is 17.6 Å². The lowest BCUT2D eigenvalue weighted by atomic mass is 10.2. The first kappa shape index (κ1) is 14.5. The van der Waals surface area contributed by atoms with E-state index in [9.17, 15) is 18.4 Å². The Morgan fingerprint density at radius 1 is 1.27 bits per heavy atom. The van der Waals surface area contributed by atoms with Crippen LogP contribution in [-0.2, 0) is 9.59 Å². The highest BCUT2D eigenvalue weighted by Crippen LogP contribution is 2.12. The van der Waals surface area contributed by atoms with Crippen molar-refractivity contribution in [2.45, 2.75) is 11.6 Å². The Morgan fingerprint density at radius 2 is 1.73 bits per heavy atom. The molecule has 0 fully saturated rings. The molecule has 0 aromatic rings. The smallest absolute Gasteiger partial charge is 0.276 e. The summed E-state index contributed by atoms with van der Waals surface area (Å²) in [5, 5.41) is 1.43. The van der Waals surface area contributed by atoms with E-state index in [1.165, 1.54) is 5.32 Å². The number of halogens is 2. The van der Waals surface area contributed by atoms with Gasteiger partial charge in [-0.15, -0.1) is 0 Å².